The third-order valence-electron chi connectivity index (χ3n) is 2.16. The standard InChI is InChI=1S/C10H17F3N4OS/c1-7(2)17-8(5-14)15-16-9(17)19-4-3-18-6-10(11,12)13/h7H,3-6,14H2,1-2H3. The van der Waals surface area contributed by atoms with Gasteiger partial charge in [0.2, 0.25) is 0 Å². The van der Waals surface area contributed by atoms with Crippen molar-refractivity contribution in [1.29, 1.82) is 0 Å². The van der Waals surface area contributed by atoms with E-state index in [0.29, 0.717) is 16.7 Å². The van der Waals surface area contributed by atoms with E-state index in [-0.39, 0.29) is 19.2 Å². The lowest BCUT2D eigenvalue weighted by Crippen LogP contribution is -2.18. The van der Waals surface area contributed by atoms with E-state index in [1.807, 2.05) is 18.4 Å². The molecule has 0 radical (unpaired) electrons. The van der Waals surface area contributed by atoms with Crippen molar-refractivity contribution in [2.45, 2.75) is 37.8 Å². The van der Waals surface area contributed by atoms with Crippen LogP contribution in [-0.4, -0.2) is 39.9 Å². The molecular weight excluding hydrogens is 281 g/mol. The van der Waals surface area contributed by atoms with Gasteiger partial charge in [0.1, 0.15) is 12.4 Å². The van der Waals surface area contributed by atoms with E-state index >= 15 is 0 Å². The van der Waals surface area contributed by atoms with Crippen LogP contribution in [0, 0.1) is 0 Å². The number of hydrogen-bond acceptors (Lipinski definition) is 5. The molecule has 0 saturated heterocycles. The number of nitrogens with zero attached hydrogens (tertiary/aromatic N) is 3. The Morgan fingerprint density at radius 2 is 2.05 bits per heavy atom. The molecular formula is C10H17F3N4OS. The summed E-state index contributed by atoms with van der Waals surface area (Å²) in [6, 6.07) is 0.146. The van der Waals surface area contributed by atoms with Gasteiger partial charge in [-0.1, -0.05) is 11.8 Å². The second-order valence-electron chi connectivity index (χ2n) is 4.08. The third kappa shape index (κ3) is 5.37. The number of rotatable bonds is 7. The number of hydrogen-bond donors (Lipinski definition) is 1. The lowest BCUT2D eigenvalue weighted by molar-refractivity contribution is -0.172. The van der Waals surface area contributed by atoms with Crippen LogP contribution in [0.25, 0.3) is 0 Å². The SMILES string of the molecule is CC(C)n1c(CN)nnc1SCCOCC(F)(F)F. The largest absolute Gasteiger partial charge is 0.411 e. The minimum Gasteiger partial charge on any atom is -0.371 e. The zero-order valence-electron chi connectivity index (χ0n) is 10.8. The van der Waals surface area contributed by atoms with Gasteiger partial charge in [-0.25, -0.2) is 0 Å². The van der Waals surface area contributed by atoms with E-state index in [1.54, 1.807) is 0 Å². The Balaban J connectivity index is 2.43. The molecule has 0 unspecified atom stereocenters. The zero-order valence-corrected chi connectivity index (χ0v) is 11.6. The van der Waals surface area contributed by atoms with Gasteiger partial charge in [-0.3, -0.25) is 0 Å². The van der Waals surface area contributed by atoms with Crippen molar-refractivity contribution in [3.63, 3.8) is 0 Å². The summed E-state index contributed by atoms with van der Waals surface area (Å²) in [5.41, 5.74) is 5.54. The molecule has 1 heterocycles. The molecule has 0 aliphatic carbocycles. The number of halogens is 3. The molecule has 1 aromatic rings. The minimum absolute atomic E-state index is 0.00703. The number of thioether (sulfide) groups is 1. The van der Waals surface area contributed by atoms with Crippen molar-refractivity contribution in [2.24, 2.45) is 5.73 Å². The Bertz CT molecular complexity index is 395. The molecule has 9 heteroatoms. The molecule has 0 spiro atoms. The minimum atomic E-state index is -4.28. The first-order valence-corrected chi connectivity index (χ1v) is 6.75. The molecule has 0 aliphatic rings. The highest BCUT2D eigenvalue weighted by molar-refractivity contribution is 7.99. The Kier molecular flexibility index (Phi) is 6.08. The summed E-state index contributed by atoms with van der Waals surface area (Å²) in [5, 5.41) is 8.56. The van der Waals surface area contributed by atoms with E-state index < -0.39 is 12.8 Å². The molecule has 110 valence electrons. The second kappa shape index (κ2) is 7.11. The van der Waals surface area contributed by atoms with Gasteiger partial charge in [0.05, 0.1) is 13.2 Å². The Morgan fingerprint density at radius 3 is 2.58 bits per heavy atom. The van der Waals surface area contributed by atoms with Gasteiger partial charge in [0.15, 0.2) is 5.16 Å². The van der Waals surface area contributed by atoms with Gasteiger partial charge >= 0.3 is 6.18 Å². The van der Waals surface area contributed by atoms with E-state index in [9.17, 15) is 13.2 Å². The molecule has 0 amide bonds. The smallest absolute Gasteiger partial charge is 0.371 e. The molecule has 0 aromatic carbocycles. The van der Waals surface area contributed by atoms with E-state index in [4.69, 9.17) is 5.73 Å². The summed E-state index contributed by atoms with van der Waals surface area (Å²) in [6.07, 6.45) is -4.28. The predicted molar refractivity (Wildman–Crippen MR) is 65.9 cm³/mol. The van der Waals surface area contributed by atoms with E-state index in [1.165, 1.54) is 11.8 Å². The lowest BCUT2D eigenvalue weighted by Gasteiger charge is -2.12. The fourth-order valence-corrected chi connectivity index (χ4v) is 2.38. The number of aromatic nitrogens is 3. The molecule has 0 bridgehead atoms. The summed E-state index contributed by atoms with van der Waals surface area (Å²) < 4.78 is 42.0. The van der Waals surface area contributed by atoms with Crippen LogP contribution in [0.2, 0.25) is 0 Å². The van der Waals surface area contributed by atoms with Gasteiger partial charge in [0, 0.05) is 11.8 Å². The van der Waals surface area contributed by atoms with Gasteiger partial charge < -0.3 is 15.0 Å². The first-order chi connectivity index (χ1) is 8.85. The normalized spacial score (nSPS) is 12.4. The Labute approximate surface area is 113 Å². The van der Waals surface area contributed by atoms with Crippen molar-refractivity contribution in [3.05, 3.63) is 5.82 Å². The average molecular weight is 298 g/mol. The molecule has 5 nitrogen and oxygen atoms in total. The van der Waals surface area contributed by atoms with Crippen molar-refractivity contribution in [3.8, 4) is 0 Å². The highest BCUT2D eigenvalue weighted by atomic mass is 32.2. The maximum atomic E-state index is 11.9. The summed E-state index contributed by atoms with van der Waals surface area (Å²) >= 11 is 1.30. The zero-order chi connectivity index (χ0) is 14.5. The van der Waals surface area contributed by atoms with Crippen LogP contribution >= 0.6 is 11.8 Å². The van der Waals surface area contributed by atoms with Crippen LogP contribution in [0.4, 0.5) is 13.2 Å². The van der Waals surface area contributed by atoms with Crippen molar-refractivity contribution in [1.82, 2.24) is 14.8 Å². The molecule has 19 heavy (non-hydrogen) atoms. The summed E-state index contributed by atoms with van der Waals surface area (Å²) in [4.78, 5) is 0. The molecule has 2 N–H and O–H groups in total. The first kappa shape index (κ1) is 16.3. The maximum Gasteiger partial charge on any atom is 0.411 e. The quantitative estimate of drug-likeness (QED) is 0.616. The number of nitrogens with two attached hydrogens (primary N) is 1. The predicted octanol–water partition coefficient (Wildman–Crippen LogP) is 1.99. The maximum absolute atomic E-state index is 11.9. The third-order valence-corrected chi connectivity index (χ3v) is 3.07. The Morgan fingerprint density at radius 1 is 1.37 bits per heavy atom. The second-order valence-corrected chi connectivity index (χ2v) is 5.14. The molecule has 0 fully saturated rings. The fourth-order valence-electron chi connectivity index (χ4n) is 1.44. The lowest BCUT2D eigenvalue weighted by atomic mass is 10.4. The summed E-state index contributed by atoms with van der Waals surface area (Å²) in [7, 11) is 0. The van der Waals surface area contributed by atoms with Gasteiger partial charge in [-0.05, 0) is 13.8 Å². The molecule has 0 saturated carbocycles. The summed E-state index contributed by atoms with van der Waals surface area (Å²) in [6.45, 7) is 2.99. The number of ether oxygens (including phenoxy) is 1. The highest BCUT2D eigenvalue weighted by Gasteiger charge is 2.27. The van der Waals surface area contributed by atoms with Crippen LogP contribution in [-0.2, 0) is 11.3 Å². The van der Waals surface area contributed by atoms with E-state index in [0.717, 1.165) is 0 Å². The number of alkyl halides is 3. The van der Waals surface area contributed by atoms with Crippen LogP contribution in [0.3, 0.4) is 0 Å². The van der Waals surface area contributed by atoms with Gasteiger partial charge in [0.25, 0.3) is 0 Å². The molecule has 1 rings (SSSR count). The van der Waals surface area contributed by atoms with E-state index in [2.05, 4.69) is 14.9 Å². The highest BCUT2D eigenvalue weighted by Crippen LogP contribution is 2.21. The van der Waals surface area contributed by atoms with Gasteiger partial charge in [-0.15, -0.1) is 10.2 Å². The molecule has 1 aromatic heterocycles. The van der Waals surface area contributed by atoms with Crippen molar-refractivity contribution < 1.29 is 17.9 Å². The van der Waals surface area contributed by atoms with Crippen molar-refractivity contribution >= 4 is 11.8 Å². The Hall–Kier alpha value is -0.800. The van der Waals surface area contributed by atoms with Crippen LogP contribution in [0.15, 0.2) is 5.16 Å². The monoisotopic (exact) mass is 298 g/mol. The van der Waals surface area contributed by atoms with Crippen molar-refractivity contribution in [2.75, 3.05) is 19.0 Å². The van der Waals surface area contributed by atoms with Gasteiger partial charge in [-0.2, -0.15) is 13.2 Å². The first-order valence-electron chi connectivity index (χ1n) is 5.76. The molecule has 0 aliphatic heterocycles. The molecule has 0 atom stereocenters. The topological polar surface area (TPSA) is 66.0 Å². The van der Waals surface area contributed by atoms with Crippen LogP contribution < -0.4 is 5.73 Å². The fraction of sp³-hybridized carbons (Fsp3) is 0.800. The summed E-state index contributed by atoms with van der Waals surface area (Å²) in [5.74, 6) is 1.04. The average Bonchev–Trinajstić information content (AvgIpc) is 2.70. The van der Waals surface area contributed by atoms with Crippen LogP contribution in [0.1, 0.15) is 25.7 Å². The van der Waals surface area contributed by atoms with Crippen LogP contribution in [0.5, 0.6) is 0 Å².